The van der Waals surface area contributed by atoms with Crippen molar-refractivity contribution in [3.63, 3.8) is 0 Å². The summed E-state index contributed by atoms with van der Waals surface area (Å²) >= 11 is 3.47. The lowest BCUT2D eigenvalue weighted by Gasteiger charge is -2.37. The molecule has 3 rings (SSSR count). The lowest BCUT2D eigenvalue weighted by molar-refractivity contribution is -0.121. The van der Waals surface area contributed by atoms with E-state index in [-0.39, 0.29) is 23.4 Å². The average Bonchev–Trinajstić information content (AvgIpc) is 2.69. The molecule has 1 atom stereocenters. The van der Waals surface area contributed by atoms with Crippen LogP contribution >= 0.6 is 15.9 Å². The number of halogens is 2. The largest absolute Gasteiger partial charge is 0.336 e. The highest BCUT2D eigenvalue weighted by atomic mass is 79.9. The zero-order valence-electron chi connectivity index (χ0n) is 15.9. The van der Waals surface area contributed by atoms with Gasteiger partial charge in [0.2, 0.25) is 5.91 Å². The number of piperazine rings is 1. The fourth-order valence-corrected chi connectivity index (χ4v) is 3.83. The van der Waals surface area contributed by atoms with Crippen LogP contribution in [0.2, 0.25) is 0 Å². The first-order chi connectivity index (χ1) is 13.4. The molecule has 1 unspecified atom stereocenters. The molecule has 0 saturated carbocycles. The van der Waals surface area contributed by atoms with E-state index in [0.717, 1.165) is 15.7 Å². The molecule has 148 valence electrons. The van der Waals surface area contributed by atoms with Crippen molar-refractivity contribution in [2.45, 2.75) is 19.9 Å². The third-order valence-electron chi connectivity index (χ3n) is 5.02. The molecule has 1 aliphatic rings. The molecule has 1 saturated heterocycles. The Morgan fingerprint density at radius 3 is 2.43 bits per heavy atom. The second kappa shape index (κ2) is 8.84. The number of anilines is 1. The van der Waals surface area contributed by atoms with E-state index in [0.29, 0.717) is 26.2 Å². The number of benzene rings is 2. The second-order valence-corrected chi connectivity index (χ2v) is 7.81. The Labute approximate surface area is 172 Å². The molecule has 1 heterocycles. The Morgan fingerprint density at radius 1 is 1.11 bits per heavy atom. The van der Waals surface area contributed by atoms with Crippen LogP contribution in [0.4, 0.5) is 10.1 Å². The van der Waals surface area contributed by atoms with Gasteiger partial charge in [0.15, 0.2) is 0 Å². The Kier molecular flexibility index (Phi) is 6.46. The monoisotopic (exact) mass is 447 g/mol. The first-order valence-corrected chi connectivity index (χ1v) is 10.0. The van der Waals surface area contributed by atoms with Gasteiger partial charge >= 0.3 is 0 Å². The van der Waals surface area contributed by atoms with Crippen molar-refractivity contribution in [2.75, 3.05) is 31.5 Å². The lowest BCUT2D eigenvalue weighted by Crippen LogP contribution is -2.54. The minimum atomic E-state index is -0.508. The Balaban J connectivity index is 1.57. The van der Waals surface area contributed by atoms with Gasteiger partial charge in [-0.3, -0.25) is 14.5 Å². The molecule has 2 aromatic rings. The van der Waals surface area contributed by atoms with Crippen molar-refractivity contribution in [3.8, 4) is 0 Å². The SMILES string of the molecule is Cc1ccc(NC(=O)C(C)N2CCN(C(=O)c3ccccc3F)CC2)c(Br)c1. The summed E-state index contributed by atoms with van der Waals surface area (Å²) in [6, 6.07) is 11.4. The number of rotatable bonds is 4. The minimum absolute atomic E-state index is 0.0889. The molecule has 2 aromatic carbocycles. The lowest BCUT2D eigenvalue weighted by atomic mass is 10.1. The Bertz CT molecular complexity index is 882. The zero-order chi connectivity index (χ0) is 20.3. The van der Waals surface area contributed by atoms with Gasteiger partial charge in [-0.2, -0.15) is 0 Å². The maximum Gasteiger partial charge on any atom is 0.256 e. The third kappa shape index (κ3) is 4.59. The predicted octanol–water partition coefficient (Wildman–Crippen LogP) is 3.68. The molecule has 0 aliphatic carbocycles. The number of nitrogens with one attached hydrogen (secondary N) is 1. The summed E-state index contributed by atoms with van der Waals surface area (Å²) in [6.07, 6.45) is 0. The number of aryl methyl sites for hydroxylation is 1. The van der Waals surface area contributed by atoms with Gasteiger partial charge in [0.1, 0.15) is 5.82 Å². The fourth-order valence-electron chi connectivity index (χ4n) is 3.24. The number of amides is 2. The summed E-state index contributed by atoms with van der Waals surface area (Å²) in [4.78, 5) is 28.8. The van der Waals surface area contributed by atoms with Gasteiger partial charge in [0.05, 0.1) is 17.3 Å². The summed E-state index contributed by atoms with van der Waals surface area (Å²) < 4.78 is 14.7. The van der Waals surface area contributed by atoms with Crippen molar-refractivity contribution in [2.24, 2.45) is 0 Å². The van der Waals surface area contributed by atoms with E-state index in [2.05, 4.69) is 21.2 Å². The van der Waals surface area contributed by atoms with E-state index in [1.54, 1.807) is 17.0 Å². The van der Waals surface area contributed by atoms with Gasteiger partial charge in [-0.25, -0.2) is 4.39 Å². The normalized spacial score (nSPS) is 15.9. The van der Waals surface area contributed by atoms with Crippen LogP contribution in [-0.4, -0.2) is 53.8 Å². The number of hydrogen-bond donors (Lipinski definition) is 1. The molecular weight excluding hydrogens is 425 g/mol. The van der Waals surface area contributed by atoms with Crippen LogP contribution < -0.4 is 5.32 Å². The molecule has 1 N–H and O–H groups in total. The molecule has 1 aliphatic heterocycles. The number of hydrogen-bond acceptors (Lipinski definition) is 3. The molecule has 0 spiro atoms. The minimum Gasteiger partial charge on any atom is -0.336 e. The molecule has 0 bridgehead atoms. The molecule has 5 nitrogen and oxygen atoms in total. The number of nitrogens with zero attached hydrogens (tertiary/aromatic N) is 2. The maximum atomic E-state index is 13.9. The highest BCUT2D eigenvalue weighted by molar-refractivity contribution is 9.10. The summed E-state index contributed by atoms with van der Waals surface area (Å²) in [6.45, 7) is 5.87. The molecule has 0 radical (unpaired) electrons. The van der Waals surface area contributed by atoms with E-state index in [9.17, 15) is 14.0 Å². The third-order valence-corrected chi connectivity index (χ3v) is 5.67. The van der Waals surface area contributed by atoms with Gasteiger partial charge < -0.3 is 10.2 Å². The molecule has 2 amide bonds. The van der Waals surface area contributed by atoms with Crippen molar-refractivity contribution < 1.29 is 14.0 Å². The van der Waals surface area contributed by atoms with Crippen LogP contribution in [0.5, 0.6) is 0 Å². The van der Waals surface area contributed by atoms with E-state index >= 15 is 0 Å². The summed E-state index contributed by atoms with van der Waals surface area (Å²) in [5.74, 6) is -0.914. The molecule has 0 aromatic heterocycles. The second-order valence-electron chi connectivity index (χ2n) is 6.96. The highest BCUT2D eigenvalue weighted by Gasteiger charge is 2.28. The van der Waals surface area contributed by atoms with Crippen LogP contribution in [-0.2, 0) is 4.79 Å². The average molecular weight is 448 g/mol. The first-order valence-electron chi connectivity index (χ1n) is 9.21. The van der Waals surface area contributed by atoms with Gasteiger partial charge in [-0.15, -0.1) is 0 Å². The van der Waals surface area contributed by atoms with E-state index in [1.165, 1.54) is 12.1 Å². The molecular formula is C21H23BrFN3O2. The van der Waals surface area contributed by atoms with Crippen LogP contribution in [0.25, 0.3) is 0 Å². The number of carbonyl (C=O) groups excluding carboxylic acids is 2. The molecule has 1 fully saturated rings. The first kappa shape index (κ1) is 20.5. The Morgan fingerprint density at radius 2 is 1.79 bits per heavy atom. The zero-order valence-corrected chi connectivity index (χ0v) is 17.5. The smallest absolute Gasteiger partial charge is 0.256 e. The quantitative estimate of drug-likeness (QED) is 0.777. The van der Waals surface area contributed by atoms with Crippen molar-refractivity contribution in [1.29, 1.82) is 0 Å². The van der Waals surface area contributed by atoms with Crippen molar-refractivity contribution in [3.05, 3.63) is 63.9 Å². The van der Waals surface area contributed by atoms with Crippen molar-refractivity contribution in [1.82, 2.24) is 9.80 Å². The van der Waals surface area contributed by atoms with Gasteiger partial charge in [-0.1, -0.05) is 18.2 Å². The maximum absolute atomic E-state index is 13.9. The van der Waals surface area contributed by atoms with Gasteiger partial charge in [0.25, 0.3) is 5.91 Å². The van der Waals surface area contributed by atoms with Crippen molar-refractivity contribution >= 4 is 33.4 Å². The molecule has 28 heavy (non-hydrogen) atoms. The van der Waals surface area contributed by atoms with Crippen LogP contribution in [0.15, 0.2) is 46.9 Å². The number of carbonyl (C=O) groups is 2. The Hall–Kier alpha value is -2.25. The van der Waals surface area contributed by atoms with Gasteiger partial charge in [-0.05, 0) is 59.6 Å². The summed E-state index contributed by atoms with van der Waals surface area (Å²) in [5, 5.41) is 2.94. The van der Waals surface area contributed by atoms with Gasteiger partial charge in [0, 0.05) is 30.7 Å². The van der Waals surface area contributed by atoms with E-state index in [4.69, 9.17) is 0 Å². The highest BCUT2D eigenvalue weighted by Crippen LogP contribution is 2.24. The van der Waals surface area contributed by atoms with Crippen LogP contribution in [0.3, 0.4) is 0 Å². The fraction of sp³-hybridized carbons (Fsp3) is 0.333. The van der Waals surface area contributed by atoms with E-state index in [1.807, 2.05) is 36.9 Å². The predicted molar refractivity (Wildman–Crippen MR) is 111 cm³/mol. The summed E-state index contributed by atoms with van der Waals surface area (Å²) in [5.41, 5.74) is 1.93. The molecule has 7 heteroatoms. The van der Waals surface area contributed by atoms with Crippen LogP contribution in [0, 0.1) is 12.7 Å². The van der Waals surface area contributed by atoms with Crippen LogP contribution in [0.1, 0.15) is 22.8 Å². The topological polar surface area (TPSA) is 52.7 Å². The van der Waals surface area contributed by atoms with E-state index < -0.39 is 5.82 Å². The summed E-state index contributed by atoms with van der Waals surface area (Å²) in [7, 11) is 0. The standard InChI is InChI=1S/C21H23BrFN3O2/c1-14-7-8-19(17(22)13-14)24-20(27)15(2)25-9-11-26(12-10-25)21(28)16-5-3-4-6-18(16)23/h3-8,13,15H,9-12H2,1-2H3,(H,24,27).